The maximum atomic E-state index is 11.9. The predicted octanol–water partition coefficient (Wildman–Crippen LogP) is 1.40. The van der Waals surface area contributed by atoms with Gasteiger partial charge < -0.3 is 15.8 Å². The minimum Gasteiger partial charge on any atom is -0.465 e. The summed E-state index contributed by atoms with van der Waals surface area (Å²) in [6.07, 6.45) is 0. The Balaban J connectivity index is 2.86. The van der Waals surface area contributed by atoms with Crippen LogP contribution in [0.3, 0.4) is 0 Å². The molecule has 0 aliphatic rings. The van der Waals surface area contributed by atoms with Gasteiger partial charge in [0.05, 0.1) is 18.1 Å². The van der Waals surface area contributed by atoms with Crippen molar-refractivity contribution in [3.8, 4) is 0 Å². The Hall–Kier alpha value is -1.88. The number of carbonyl (C=O) groups is 2. The molecule has 0 aliphatic heterocycles. The first-order chi connectivity index (χ1) is 8.40. The molecule has 1 aromatic carbocycles. The van der Waals surface area contributed by atoms with E-state index in [0.29, 0.717) is 11.3 Å². The number of anilines is 1. The molecule has 0 aromatic heterocycles. The summed E-state index contributed by atoms with van der Waals surface area (Å²) in [4.78, 5) is 23.3. The highest BCUT2D eigenvalue weighted by Gasteiger charge is 2.25. The molecule has 1 amide bonds. The van der Waals surface area contributed by atoms with Gasteiger partial charge in [0.1, 0.15) is 0 Å². The number of amides is 1. The number of ether oxygens (including phenoxy) is 1. The van der Waals surface area contributed by atoms with Crippen molar-refractivity contribution >= 4 is 17.6 Å². The summed E-state index contributed by atoms with van der Waals surface area (Å²) in [6.45, 7) is 3.76. The van der Waals surface area contributed by atoms with Gasteiger partial charge in [-0.15, -0.1) is 0 Å². The number of benzene rings is 1. The van der Waals surface area contributed by atoms with Crippen molar-refractivity contribution < 1.29 is 14.3 Å². The van der Waals surface area contributed by atoms with Gasteiger partial charge in [0.25, 0.3) is 0 Å². The molecule has 0 fully saturated rings. The van der Waals surface area contributed by atoms with Gasteiger partial charge in [-0.05, 0) is 32.0 Å². The van der Waals surface area contributed by atoms with Gasteiger partial charge in [-0.25, -0.2) is 4.79 Å². The third-order valence-electron chi connectivity index (χ3n) is 2.67. The number of hydrogen-bond donors (Lipinski definition) is 2. The zero-order chi connectivity index (χ0) is 13.8. The molecule has 5 nitrogen and oxygen atoms in total. The van der Waals surface area contributed by atoms with Crippen LogP contribution in [-0.4, -0.2) is 25.5 Å². The topological polar surface area (TPSA) is 81.4 Å². The van der Waals surface area contributed by atoms with Crippen LogP contribution in [0.1, 0.15) is 24.2 Å². The fourth-order valence-corrected chi connectivity index (χ4v) is 1.23. The molecule has 1 aromatic rings. The quantitative estimate of drug-likeness (QED) is 0.791. The van der Waals surface area contributed by atoms with Crippen LogP contribution in [0.4, 0.5) is 5.69 Å². The Bertz CT molecular complexity index is 455. The van der Waals surface area contributed by atoms with Crippen LogP contribution in [0.15, 0.2) is 24.3 Å². The van der Waals surface area contributed by atoms with Gasteiger partial charge in [0.2, 0.25) is 5.91 Å². The smallest absolute Gasteiger partial charge is 0.337 e. The van der Waals surface area contributed by atoms with E-state index in [9.17, 15) is 9.59 Å². The molecule has 0 heterocycles. The molecule has 0 saturated carbocycles. The lowest BCUT2D eigenvalue weighted by Crippen LogP contribution is -2.37. The van der Waals surface area contributed by atoms with Crippen molar-refractivity contribution in [2.75, 3.05) is 19.0 Å². The Morgan fingerprint density at radius 1 is 1.39 bits per heavy atom. The van der Waals surface area contributed by atoms with Crippen LogP contribution in [0.5, 0.6) is 0 Å². The molecule has 1 rings (SSSR count). The highest BCUT2D eigenvalue weighted by atomic mass is 16.5. The lowest BCUT2D eigenvalue weighted by molar-refractivity contribution is -0.123. The summed E-state index contributed by atoms with van der Waals surface area (Å²) in [7, 11) is 1.31. The van der Waals surface area contributed by atoms with E-state index in [1.165, 1.54) is 7.11 Å². The van der Waals surface area contributed by atoms with Crippen LogP contribution < -0.4 is 11.1 Å². The molecular formula is C13H18N2O3. The minimum absolute atomic E-state index is 0.188. The van der Waals surface area contributed by atoms with Crippen molar-refractivity contribution in [3.63, 3.8) is 0 Å². The van der Waals surface area contributed by atoms with Gasteiger partial charge in [0.15, 0.2) is 0 Å². The molecule has 0 unspecified atom stereocenters. The zero-order valence-electron chi connectivity index (χ0n) is 10.8. The first-order valence-electron chi connectivity index (χ1n) is 5.60. The first kappa shape index (κ1) is 14.2. The Morgan fingerprint density at radius 2 is 2.06 bits per heavy atom. The van der Waals surface area contributed by atoms with Crippen LogP contribution in [0.25, 0.3) is 0 Å². The fourth-order valence-electron chi connectivity index (χ4n) is 1.23. The summed E-state index contributed by atoms with van der Waals surface area (Å²) in [5, 5.41) is 2.73. The van der Waals surface area contributed by atoms with E-state index in [2.05, 4.69) is 10.1 Å². The largest absolute Gasteiger partial charge is 0.465 e. The summed E-state index contributed by atoms with van der Waals surface area (Å²) in [5.41, 5.74) is 5.81. The van der Waals surface area contributed by atoms with Crippen molar-refractivity contribution in [1.29, 1.82) is 0 Å². The van der Waals surface area contributed by atoms with Crippen LogP contribution >= 0.6 is 0 Å². The maximum Gasteiger partial charge on any atom is 0.337 e. The molecule has 5 heteroatoms. The average molecular weight is 250 g/mol. The number of esters is 1. The summed E-state index contributed by atoms with van der Waals surface area (Å²) < 4.78 is 4.61. The molecule has 0 bridgehead atoms. The van der Waals surface area contributed by atoms with Gasteiger partial charge >= 0.3 is 5.97 Å². The van der Waals surface area contributed by atoms with Gasteiger partial charge in [-0.3, -0.25) is 4.79 Å². The van der Waals surface area contributed by atoms with Crippen molar-refractivity contribution in [3.05, 3.63) is 29.8 Å². The van der Waals surface area contributed by atoms with Crippen molar-refractivity contribution in [2.24, 2.45) is 11.1 Å². The van der Waals surface area contributed by atoms with E-state index < -0.39 is 11.4 Å². The third-order valence-corrected chi connectivity index (χ3v) is 2.67. The first-order valence-corrected chi connectivity index (χ1v) is 5.60. The molecule has 0 spiro atoms. The SMILES string of the molecule is COC(=O)c1cccc(NC(=O)C(C)(C)CN)c1. The number of nitrogens with two attached hydrogens (primary N) is 1. The highest BCUT2D eigenvalue weighted by molar-refractivity contribution is 5.97. The molecule has 0 radical (unpaired) electrons. The highest BCUT2D eigenvalue weighted by Crippen LogP contribution is 2.18. The average Bonchev–Trinajstić information content (AvgIpc) is 2.38. The van der Waals surface area contributed by atoms with E-state index >= 15 is 0 Å². The van der Waals surface area contributed by atoms with Crippen LogP contribution in [0.2, 0.25) is 0 Å². The monoisotopic (exact) mass is 250 g/mol. The van der Waals surface area contributed by atoms with E-state index in [1.54, 1.807) is 38.1 Å². The fraction of sp³-hybridized carbons (Fsp3) is 0.385. The standard InChI is InChI=1S/C13H18N2O3/c1-13(2,8-14)12(17)15-10-6-4-5-9(7-10)11(16)18-3/h4-7H,8,14H2,1-3H3,(H,15,17). The zero-order valence-corrected chi connectivity index (χ0v) is 10.8. The second-order valence-electron chi connectivity index (χ2n) is 4.61. The Kier molecular flexibility index (Phi) is 4.44. The van der Waals surface area contributed by atoms with Gasteiger partial charge in [0, 0.05) is 12.2 Å². The molecule has 3 N–H and O–H groups in total. The number of rotatable bonds is 4. The van der Waals surface area contributed by atoms with Crippen molar-refractivity contribution in [1.82, 2.24) is 0 Å². The predicted molar refractivity (Wildman–Crippen MR) is 69.2 cm³/mol. The van der Waals surface area contributed by atoms with Crippen molar-refractivity contribution in [2.45, 2.75) is 13.8 Å². The second-order valence-corrected chi connectivity index (χ2v) is 4.61. The lowest BCUT2D eigenvalue weighted by Gasteiger charge is -2.21. The van der Waals surface area contributed by atoms with Crippen LogP contribution in [-0.2, 0) is 9.53 Å². The number of methoxy groups -OCH3 is 1. The molecule has 0 aliphatic carbocycles. The molecule has 18 heavy (non-hydrogen) atoms. The van der Waals surface area contributed by atoms with E-state index in [4.69, 9.17) is 5.73 Å². The Morgan fingerprint density at radius 3 is 2.61 bits per heavy atom. The summed E-state index contributed by atoms with van der Waals surface area (Å²) in [5.74, 6) is -0.629. The van der Waals surface area contributed by atoms with Gasteiger partial charge in [-0.1, -0.05) is 6.07 Å². The van der Waals surface area contributed by atoms with Crippen LogP contribution in [0, 0.1) is 5.41 Å². The normalized spacial score (nSPS) is 10.9. The number of carbonyl (C=O) groups excluding carboxylic acids is 2. The van der Waals surface area contributed by atoms with E-state index in [-0.39, 0.29) is 12.5 Å². The molecule has 98 valence electrons. The molecular weight excluding hydrogens is 232 g/mol. The molecule has 0 atom stereocenters. The van der Waals surface area contributed by atoms with E-state index in [0.717, 1.165) is 0 Å². The number of hydrogen-bond acceptors (Lipinski definition) is 4. The minimum atomic E-state index is -0.652. The Labute approximate surface area is 106 Å². The lowest BCUT2D eigenvalue weighted by atomic mass is 9.92. The summed E-state index contributed by atoms with van der Waals surface area (Å²) >= 11 is 0. The summed E-state index contributed by atoms with van der Waals surface area (Å²) in [6, 6.07) is 6.57. The van der Waals surface area contributed by atoms with E-state index in [1.807, 2.05) is 0 Å². The third kappa shape index (κ3) is 3.30. The number of nitrogens with one attached hydrogen (secondary N) is 1. The van der Waals surface area contributed by atoms with Gasteiger partial charge in [-0.2, -0.15) is 0 Å². The maximum absolute atomic E-state index is 11.9. The second kappa shape index (κ2) is 5.64. The molecule has 0 saturated heterocycles.